The Kier molecular flexibility index (Phi) is 4.78. The van der Waals surface area contributed by atoms with Gasteiger partial charge in [-0.15, -0.1) is 6.42 Å². The van der Waals surface area contributed by atoms with Gasteiger partial charge in [-0.3, -0.25) is 0 Å². The Morgan fingerprint density at radius 3 is 2.47 bits per heavy atom. The van der Waals surface area contributed by atoms with Crippen molar-refractivity contribution in [1.29, 1.82) is 0 Å². The van der Waals surface area contributed by atoms with Crippen LogP contribution in [0.4, 0.5) is 0 Å². The fourth-order valence-electron chi connectivity index (χ4n) is 1.16. The van der Waals surface area contributed by atoms with Crippen LogP contribution in [-0.4, -0.2) is 14.5 Å². The van der Waals surface area contributed by atoms with Crippen molar-refractivity contribution in [3.63, 3.8) is 0 Å². The molecule has 6 heteroatoms. The molecule has 0 saturated carbocycles. The molecular formula is C11H11Br2NO2S. The van der Waals surface area contributed by atoms with Gasteiger partial charge in [0.15, 0.2) is 0 Å². The Morgan fingerprint density at radius 2 is 1.94 bits per heavy atom. The summed E-state index contributed by atoms with van der Waals surface area (Å²) in [6.45, 7) is 3.48. The standard InChI is InChI=1S/C11H11Br2NO2S/c1-4-8(3)14-17(15,16)11-6-9(12)7(2)5-10(11)13/h1,5-6,8,14H,2-3H3. The zero-order valence-corrected chi connectivity index (χ0v) is 13.3. The molecule has 0 amide bonds. The summed E-state index contributed by atoms with van der Waals surface area (Å²) in [5, 5.41) is 0. The van der Waals surface area contributed by atoms with Gasteiger partial charge in [0, 0.05) is 8.95 Å². The second-order valence-electron chi connectivity index (χ2n) is 3.54. The zero-order valence-electron chi connectivity index (χ0n) is 9.29. The highest BCUT2D eigenvalue weighted by Crippen LogP contribution is 2.28. The van der Waals surface area contributed by atoms with E-state index in [-0.39, 0.29) is 4.90 Å². The highest BCUT2D eigenvalue weighted by atomic mass is 79.9. The third-order valence-electron chi connectivity index (χ3n) is 2.08. The number of sulfonamides is 1. The molecule has 1 atom stereocenters. The highest BCUT2D eigenvalue weighted by molar-refractivity contribution is 9.11. The molecular weight excluding hydrogens is 370 g/mol. The molecule has 1 aromatic carbocycles. The molecule has 92 valence electrons. The smallest absolute Gasteiger partial charge is 0.207 e. The lowest BCUT2D eigenvalue weighted by atomic mass is 10.2. The molecule has 0 aliphatic carbocycles. The highest BCUT2D eigenvalue weighted by Gasteiger charge is 2.20. The van der Waals surface area contributed by atoms with E-state index in [2.05, 4.69) is 42.5 Å². The molecule has 0 heterocycles. The van der Waals surface area contributed by atoms with Crippen LogP contribution in [0.3, 0.4) is 0 Å². The molecule has 1 unspecified atom stereocenters. The molecule has 0 bridgehead atoms. The third-order valence-corrected chi connectivity index (χ3v) is 5.44. The van der Waals surface area contributed by atoms with Crippen LogP contribution in [0.25, 0.3) is 0 Å². The van der Waals surface area contributed by atoms with Gasteiger partial charge < -0.3 is 0 Å². The molecule has 0 aliphatic rings. The van der Waals surface area contributed by atoms with Crippen LogP contribution in [0, 0.1) is 19.3 Å². The quantitative estimate of drug-likeness (QED) is 0.819. The van der Waals surface area contributed by atoms with Gasteiger partial charge in [-0.1, -0.05) is 21.9 Å². The maximum atomic E-state index is 12.0. The fourth-order valence-corrected chi connectivity index (χ4v) is 4.01. The fraction of sp³-hybridized carbons (Fsp3) is 0.273. The molecule has 17 heavy (non-hydrogen) atoms. The van der Waals surface area contributed by atoms with E-state index in [1.54, 1.807) is 19.1 Å². The summed E-state index contributed by atoms with van der Waals surface area (Å²) in [6.07, 6.45) is 5.15. The summed E-state index contributed by atoms with van der Waals surface area (Å²) in [6, 6.07) is 2.73. The molecule has 1 rings (SSSR count). The van der Waals surface area contributed by atoms with E-state index in [0.29, 0.717) is 4.47 Å². The Bertz CT molecular complexity index is 576. The first-order valence-electron chi connectivity index (χ1n) is 4.72. The summed E-state index contributed by atoms with van der Waals surface area (Å²) >= 11 is 6.54. The number of terminal acetylenes is 1. The summed E-state index contributed by atoms with van der Waals surface area (Å²) in [5.74, 6) is 2.32. The number of hydrogen-bond acceptors (Lipinski definition) is 2. The van der Waals surface area contributed by atoms with Crippen LogP contribution in [0.2, 0.25) is 0 Å². The molecule has 3 nitrogen and oxygen atoms in total. The number of halogens is 2. The molecule has 1 N–H and O–H groups in total. The second kappa shape index (κ2) is 5.53. The minimum absolute atomic E-state index is 0.164. The number of aryl methyl sites for hydroxylation is 1. The molecule has 0 aromatic heterocycles. The van der Waals surface area contributed by atoms with E-state index in [1.165, 1.54) is 0 Å². The number of hydrogen-bond donors (Lipinski definition) is 1. The van der Waals surface area contributed by atoms with E-state index in [0.717, 1.165) is 10.0 Å². The minimum Gasteiger partial charge on any atom is -0.207 e. The van der Waals surface area contributed by atoms with Crippen LogP contribution >= 0.6 is 31.9 Å². The van der Waals surface area contributed by atoms with Crippen molar-refractivity contribution >= 4 is 41.9 Å². The van der Waals surface area contributed by atoms with Crippen LogP contribution < -0.4 is 4.72 Å². The predicted molar refractivity (Wildman–Crippen MR) is 75.2 cm³/mol. The van der Waals surface area contributed by atoms with Crippen molar-refractivity contribution in [2.45, 2.75) is 24.8 Å². The summed E-state index contributed by atoms with van der Waals surface area (Å²) < 4.78 is 27.7. The van der Waals surface area contributed by atoms with E-state index >= 15 is 0 Å². The summed E-state index contributed by atoms with van der Waals surface area (Å²) in [5.41, 5.74) is 0.945. The average molecular weight is 381 g/mol. The van der Waals surface area contributed by atoms with Crippen LogP contribution in [0.1, 0.15) is 12.5 Å². The van der Waals surface area contributed by atoms with E-state index in [4.69, 9.17) is 6.42 Å². The van der Waals surface area contributed by atoms with Crippen molar-refractivity contribution in [2.24, 2.45) is 0 Å². The molecule has 1 aromatic rings. The van der Waals surface area contributed by atoms with Gasteiger partial charge in [0.1, 0.15) is 0 Å². The Hall–Kier alpha value is -0.350. The van der Waals surface area contributed by atoms with Gasteiger partial charge >= 0.3 is 0 Å². The number of benzene rings is 1. The van der Waals surface area contributed by atoms with Gasteiger partial charge in [0.2, 0.25) is 10.0 Å². The monoisotopic (exact) mass is 379 g/mol. The van der Waals surface area contributed by atoms with Crippen molar-refractivity contribution in [3.05, 3.63) is 26.6 Å². The first-order valence-corrected chi connectivity index (χ1v) is 7.79. The predicted octanol–water partition coefficient (Wildman–Crippen LogP) is 2.82. The van der Waals surface area contributed by atoms with Gasteiger partial charge in [-0.25, -0.2) is 8.42 Å². The van der Waals surface area contributed by atoms with Crippen LogP contribution in [0.5, 0.6) is 0 Å². The summed E-state index contributed by atoms with van der Waals surface area (Å²) in [4.78, 5) is 0.164. The number of nitrogens with one attached hydrogen (secondary N) is 1. The number of rotatable bonds is 3. The minimum atomic E-state index is -3.61. The Labute approximate surface area is 118 Å². The van der Waals surface area contributed by atoms with Crippen LogP contribution in [-0.2, 0) is 10.0 Å². The molecule has 0 radical (unpaired) electrons. The van der Waals surface area contributed by atoms with Gasteiger partial charge in [0.25, 0.3) is 0 Å². The van der Waals surface area contributed by atoms with Gasteiger partial charge in [-0.05, 0) is 47.5 Å². The van der Waals surface area contributed by atoms with Gasteiger partial charge in [0.05, 0.1) is 10.9 Å². The maximum Gasteiger partial charge on any atom is 0.242 e. The lowest BCUT2D eigenvalue weighted by Crippen LogP contribution is -2.31. The lowest BCUT2D eigenvalue weighted by Gasteiger charge is -2.12. The average Bonchev–Trinajstić information content (AvgIpc) is 2.22. The van der Waals surface area contributed by atoms with Crippen molar-refractivity contribution in [2.75, 3.05) is 0 Å². The van der Waals surface area contributed by atoms with Crippen molar-refractivity contribution in [1.82, 2.24) is 4.72 Å². The van der Waals surface area contributed by atoms with Gasteiger partial charge in [-0.2, -0.15) is 4.72 Å². The lowest BCUT2D eigenvalue weighted by molar-refractivity contribution is 0.577. The first-order chi connectivity index (χ1) is 7.77. The Balaban J connectivity index is 3.26. The van der Waals surface area contributed by atoms with Crippen molar-refractivity contribution in [3.8, 4) is 12.3 Å². The largest absolute Gasteiger partial charge is 0.242 e. The van der Waals surface area contributed by atoms with E-state index in [9.17, 15) is 8.42 Å². The van der Waals surface area contributed by atoms with E-state index in [1.807, 2.05) is 6.92 Å². The molecule has 0 saturated heterocycles. The molecule has 0 spiro atoms. The molecule has 0 aliphatic heterocycles. The second-order valence-corrected chi connectivity index (χ2v) is 6.93. The van der Waals surface area contributed by atoms with Crippen molar-refractivity contribution < 1.29 is 8.42 Å². The third kappa shape index (κ3) is 3.55. The maximum absolute atomic E-state index is 12.0. The molecule has 0 fully saturated rings. The first kappa shape index (κ1) is 14.7. The normalized spacial score (nSPS) is 13.1. The zero-order chi connectivity index (χ0) is 13.2. The van der Waals surface area contributed by atoms with E-state index < -0.39 is 16.1 Å². The Morgan fingerprint density at radius 1 is 1.35 bits per heavy atom. The topological polar surface area (TPSA) is 46.2 Å². The SMILES string of the molecule is C#CC(C)NS(=O)(=O)c1cc(Br)c(C)cc1Br. The van der Waals surface area contributed by atoms with Crippen LogP contribution in [0.15, 0.2) is 26.0 Å². The summed E-state index contributed by atoms with van der Waals surface area (Å²) in [7, 11) is -3.61.